The molecule has 72 valence electrons. The van der Waals surface area contributed by atoms with Crippen LogP contribution in [0.4, 0.5) is 5.82 Å². The first kappa shape index (κ1) is 9.80. The topological polar surface area (TPSA) is 57.4 Å². The standard InChI is InChI=1S/C9H14N2O2/c1-12-5-2-6-13-8-3-4-11-9(10)7-8/h3-4,7H,2,5-6H2,1H3,(H2,10,11). The Hall–Kier alpha value is -1.29. The van der Waals surface area contributed by atoms with Gasteiger partial charge in [-0.2, -0.15) is 0 Å². The average molecular weight is 182 g/mol. The van der Waals surface area contributed by atoms with Crippen molar-refractivity contribution in [2.24, 2.45) is 0 Å². The molecule has 4 nitrogen and oxygen atoms in total. The lowest BCUT2D eigenvalue weighted by molar-refractivity contribution is 0.172. The molecule has 13 heavy (non-hydrogen) atoms. The number of hydrogen-bond acceptors (Lipinski definition) is 4. The van der Waals surface area contributed by atoms with Gasteiger partial charge in [0.2, 0.25) is 0 Å². The van der Waals surface area contributed by atoms with Gasteiger partial charge < -0.3 is 15.2 Å². The summed E-state index contributed by atoms with van der Waals surface area (Å²) in [6, 6.07) is 3.48. The maximum atomic E-state index is 5.47. The van der Waals surface area contributed by atoms with E-state index in [2.05, 4.69) is 4.98 Å². The molecule has 0 radical (unpaired) electrons. The minimum Gasteiger partial charge on any atom is -0.493 e. The molecule has 0 spiro atoms. The van der Waals surface area contributed by atoms with Crippen LogP contribution in [0.25, 0.3) is 0 Å². The third-order valence-electron chi connectivity index (χ3n) is 1.51. The molecule has 0 saturated carbocycles. The van der Waals surface area contributed by atoms with Gasteiger partial charge >= 0.3 is 0 Å². The summed E-state index contributed by atoms with van der Waals surface area (Å²) in [5, 5.41) is 0. The summed E-state index contributed by atoms with van der Waals surface area (Å²) in [7, 11) is 1.67. The summed E-state index contributed by atoms with van der Waals surface area (Å²) >= 11 is 0. The first-order valence-corrected chi connectivity index (χ1v) is 4.16. The van der Waals surface area contributed by atoms with Crippen molar-refractivity contribution in [3.05, 3.63) is 18.3 Å². The van der Waals surface area contributed by atoms with E-state index in [1.165, 1.54) is 0 Å². The molecule has 0 bridgehead atoms. The van der Waals surface area contributed by atoms with Gasteiger partial charge in [0.15, 0.2) is 0 Å². The van der Waals surface area contributed by atoms with Crippen molar-refractivity contribution in [2.75, 3.05) is 26.1 Å². The Morgan fingerprint density at radius 3 is 3.00 bits per heavy atom. The van der Waals surface area contributed by atoms with Crippen molar-refractivity contribution in [3.63, 3.8) is 0 Å². The van der Waals surface area contributed by atoms with Gasteiger partial charge in [-0.15, -0.1) is 0 Å². The van der Waals surface area contributed by atoms with Crippen LogP contribution in [-0.4, -0.2) is 25.3 Å². The second kappa shape index (κ2) is 5.37. The highest BCUT2D eigenvalue weighted by molar-refractivity contribution is 5.35. The van der Waals surface area contributed by atoms with Crippen LogP contribution in [0, 0.1) is 0 Å². The van der Waals surface area contributed by atoms with Crippen LogP contribution >= 0.6 is 0 Å². The zero-order valence-corrected chi connectivity index (χ0v) is 7.69. The molecule has 1 heterocycles. The van der Waals surface area contributed by atoms with E-state index in [-0.39, 0.29) is 0 Å². The zero-order valence-electron chi connectivity index (χ0n) is 7.69. The summed E-state index contributed by atoms with van der Waals surface area (Å²) in [6.07, 6.45) is 2.50. The zero-order chi connectivity index (χ0) is 9.52. The fraction of sp³-hybridized carbons (Fsp3) is 0.444. The molecule has 0 aliphatic heterocycles. The molecule has 1 aromatic heterocycles. The second-order valence-corrected chi connectivity index (χ2v) is 2.61. The maximum absolute atomic E-state index is 5.47. The van der Waals surface area contributed by atoms with Crippen molar-refractivity contribution >= 4 is 5.82 Å². The van der Waals surface area contributed by atoms with Crippen molar-refractivity contribution in [3.8, 4) is 5.75 Å². The van der Waals surface area contributed by atoms with Crippen LogP contribution < -0.4 is 10.5 Å². The summed E-state index contributed by atoms with van der Waals surface area (Å²) in [5.74, 6) is 1.23. The Kier molecular flexibility index (Phi) is 4.05. The van der Waals surface area contributed by atoms with Crippen LogP contribution in [0.15, 0.2) is 18.3 Å². The minimum atomic E-state index is 0.476. The molecule has 0 saturated heterocycles. The molecular formula is C9H14N2O2. The average Bonchev–Trinajstić information content (AvgIpc) is 2.13. The van der Waals surface area contributed by atoms with Crippen LogP contribution in [0.3, 0.4) is 0 Å². The van der Waals surface area contributed by atoms with Gasteiger partial charge in [0.05, 0.1) is 6.61 Å². The van der Waals surface area contributed by atoms with Gasteiger partial charge in [0.1, 0.15) is 11.6 Å². The molecule has 0 aromatic carbocycles. The van der Waals surface area contributed by atoms with Crippen molar-refractivity contribution in [2.45, 2.75) is 6.42 Å². The Balaban J connectivity index is 2.28. The molecule has 0 fully saturated rings. The monoisotopic (exact) mass is 182 g/mol. The fourth-order valence-electron chi connectivity index (χ4n) is 0.911. The number of aromatic nitrogens is 1. The molecule has 0 aliphatic rings. The highest BCUT2D eigenvalue weighted by Gasteiger charge is 1.94. The van der Waals surface area contributed by atoms with E-state index in [9.17, 15) is 0 Å². The van der Waals surface area contributed by atoms with E-state index in [4.69, 9.17) is 15.2 Å². The van der Waals surface area contributed by atoms with Crippen LogP contribution in [0.2, 0.25) is 0 Å². The van der Waals surface area contributed by atoms with E-state index in [1.54, 1.807) is 25.4 Å². The number of anilines is 1. The SMILES string of the molecule is COCCCOc1ccnc(N)c1. The van der Waals surface area contributed by atoms with Crippen molar-refractivity contribution in [1.29, 1.82) is 0 Å². The lowest BCUT2D eigenvalue weighted by Gasteiger charge is -2.05. The molecule has 2 N–H and O–H groups in total. The van der Waals surface area contributed by atoms with Crippen LogP contribution in [0.5, 0.6) is 5.75 Å². The van der Waals surface area contributed by atoms with E-state index in [0.29, 0.717) is 19.0 Å². The number of nitrogens with two attached hydrogens (primary N) is 1. The summed E-state index contributed by atoms with van der Waals surface area (Å²) in [5.41, 5.74) is 5.47. The highest BCUT2D eigenvalue weighted by Crippen LogP contribution is 2.11. The molecule has 0 unspecified atom stereocenters. The predicted octanol–water partition coefficient (Wildman–Crippen LogP) is 1.08. The van der Waals surface area contributed by atoms with E-state index in [0.717, 1.165) is 12.2 Å². The lowest BCUT2D eigenvalue weighted by Crippen LogP contribution is -2.01. The first-order valence-electron chi connectivity index (χ1n) is 4.16. The van der Waals surface area contributed by atoms with Gasteiger partial charge in [-0.1, -0.05) is 0 Å². The second-order valence-electron chi connectivity index (χ2n) is 2.61. The maximum Gasteiger partial charge on any atom is 0.126 e. The number of ether oxygens (including phenoxy) is 2. The third-order valence-corrected chi connectivity index (χ3v) is 1.51. The predicted molar refractivity (Wildman–Crippen MR) is 50.6 cm³/mol. The van der Waals surface area contributed by atoms with Gasteiger partial charge in [0, 0.05) is 32.4 Å². The van der Waals surface area contributed by atoms with Crippen molar-refractivity contribution in [1.82, 2.24) is 4.98 Å². The van der Waals surface area contributed by atoms with Gasteiger partial charge in [0.25, 0.3) is 0 Å². The largest absolute Gasteiger partial charge is 0.493 e. The Morgan fingerprint density at radius 1 is 1.46 bits per heavy atom. The van der Waals surface area contributed by atoms with Crippen LogP contribution in [-0.2, 0) is 4.74 Å². The first-order chi connectivity index (χ1) is 6.33. The Labute approximate surface area is 77.7 Å². The minimum absolute atomic E-state index is 0.476. The van der Waals surface area contributed by atoms with E-state index < -0.39 is 0 Å². The molecule has 4 heteroatoms. The summed E-state index contributed by atoms with van der Waals surface area (Å²) < 4.78 is 10.3. The van der Waals surface area contributed by atoms with Crippen molar-refractivity contribution < 1.29 is 9.47 Å². The van der Waals surface area contributed by atoms with Crippen LogP contribution in [0.1, 0.15) is 6.42 Å². The third kappa shape index (κ3) is 3.75. The number of nitrogen functional groups attached to an aromatic ring is 1. The molecule has 0 atom stereocenters. The van der Waals surface area contributed by atoms with E-state index in [1.807, 2.05) is 0 Å². The smallest absolute Gasteiger partial charge is 0.126 e. The quantitative estimate of drug-likeness (QED) is 0.692. The van der Waals surface area contributed by atoms with Gasteiger partial charge in [-0.25, -0.2) is 4.98 Å². The highest BCUT2D eigenvalue weighted by atomic mass is 16.5. The normalized spacial score (nSPS) is 9.92. The fourth-order valence-corrected chi connectivity index (χ4v) is 0.911. The molecule has 0 amide bonds. The molecule has 1 rings (SSSR count). The summed E-state index contributed by atoms with van der Waals surface area (Å²) in [4.78, 5) is 3.86. The Bertz CT molecular complexity index is 253. The number of methoxy groups -OCH3 is 1. The van der Waals surface area contributed by atoms with Gasteiger partial charge in [-0.3, -0.25) is 0 Å². The number of rotatable bonds is 5. The lowest BCUT2D eigenvalue weighted by atomic mass is 10.4. The number of pyridine rings is 1. The van der Waals surface area contributed by atoms with E-state index >= 15 is 0 Å². The van der Waals surface area contributed by atoms with Gasteiger partial charge in [-0.05, 0) is 6.07 Å². The molecule has 0 aliphatic carbocycles. The molecule has 1 aromatic rings. The Morgan fingerprint density at radius 2 is 2.31 bits per heavy atom. The number of hydrogen-bond donors (Lipinski definition) is 1. The molecular weight excluding hydrogens is 168 g/mol. The number of nitrogens with zero attached hydrogens (tertiary/aromatic N) is 1. The summed E-state index contributed by atoms with van der Waals surface area (Å²) in [6.45, 7) is 1.35.